The normalized spacial score (nSPS) is 11.3. The van der Waals surface area contributed by atoms with Crippen molar-refractivity contribution in [3.63, 3.8) is 0 Å². The Morgan fingerprint density at radius 3 is 2.60 bits per heavy atom. The average molecular weight is 165 g/mol. The maximum Gasteiger partial charge on any atom is 0.331 e. The largest absolute Gasteiger partial charge is 0.466 e. The Balaban J connectivity index is 3.77. The molecule has 0 spiro atoms. The van der Waals surface area contributed by atoms with Crippen LogP contribution in [0.15, 0.2) is 11.1 Å². The Hall–Kier alpha value is -0.540. The second-order valence-electron chi connectivity index (χ2n) is 1.55. The lowest BCUT2D eigenvalue weighted by molar-refractivity contribution is -0.134. The first-order valence-electron chi connectivity index (χ1n) is 2.63. The van der Waals surface area contributed by atoms with E-state index in [1.807, 2.05) is 0 Å². The molecule has 10 heavy (non-hydrogen) atoms. The van der Waals surface area contributed by atoms with Crippen LogP contribution in [0.2, 0.25) is 0 Å². The van der Waals surface area contributed by atoms with E-state index in [4.69, 9.17) is 11.6 Å². The number of methoxy groups -OCH3 is 2. The van der Waals surface area contributed by atoms with E-state index in [0.29, 0.717) is 5.03 Å². The van der Waals surface area contributed by atoms with Crippen LogP contribution >= 0.6 is 11.6 Å². The van der Waals surface area contributed by atoms with Gasteiger partial charge in [0.2, 0.25) is 0 Å². The lowest BCUT2D eigenvalue weighted by Crippen LogP contribution is -1.97. The second-order valence-corrected chi connectivity index (χ2v) is 2.03. The number of carbonyl (C=O) groups is 1. The van der Waals surface area contributed by atoms with Gasteiger partial charge in [-0.15, -0.1) is 0 Å². The lowest BCUT2D eigenvalue weighted by Gasteiger charge is -1.94. The van der Waals surface area contributed by atoms with E-state index in [0.717, 1.165) is 0 Å². The van der Waals surface area contributed by atoms with Crippen LogP contribution in [-0.2, 0) is 14.3 Å². The summed E-state index contributed by atoms with van der Waals surface area (Å²) in [5.41, 5.74) is 0. The fraction of sp³-hybridized carbons (Fsp3) is 0.500. The molecule has 0 rings (SSSR count). The summed E-state index contributed by atoms with van der Waals surface area (Å²) >= 11 is 5.49. The molecule has 0 N–H and O–H groups in total. The van der Waals surface area contributed by atoms with Crippen molar-refractivity contribution in [3.8, 4) is 0 Å². The van der Waals surface area contributed by atoms with Crippen LogP contribution in [0.5, 0.6) is 0 Å². The minimum absolute atomic E-state index is 0.233. The molecule has 0 aromatic rings. The van der Waals surface area contributed by atoms with Gasteiger partial charge in [0, 0.05) is 13.2 Å². The predicted octanol–water partition coefficient (Wildman–Crippen LogP) is 0.929. The summed E-state index contributed by atoms with van der Waals surface area (Å²) in [6.07, 6.45) is 1.17. The Morgan fingerprint density at radius 2 is 2.20 bits per heavy atom. The van der Waals surface area contributed by atoms with Crippen molar-refractivity contribution in [2.45, 2.75) is 0 Å². The first-order chi connectivity index (χ1) is 4.70. The van der Waals surface area contributed by atoms with Gasteiger partial charge >= 0.3 is 5.97 Å². The number of rotatable bonds is 3. The number of hydrogen-bond donors (Lipinski definition) is 0. The molecule has 0 saturated carbocycles. The van der Waals surface area contributed by atoms with Crippen LogP contribution in [-0.4, -0.2) is 26.8 Å². The first-order valence-corrected chi connectivity index (χ1v) is 3.01. The smallest absolute Gasteiger partial charge is 0.331 e. The molecule has 0 radical (unpaired) electrons. The van der Waals surface area contributed by atoms with E-state index in [1.54, 1.807) is 0 Å². The summed E-state index contributed by atoms with van der Waals surface area (Å²) < 4.78 is 8.95. The molecule has 4 heteroatoms. The van der Waals surface area contributed by atoms with Gasteiger partial charge < -0.3 is 9.47 Å². The topological polar surface area (TPSA) is 35.5 Å². The van der Waals surface area contributed by atoms with Crippen LogP contribution < -0.4 is 0 Å². The number of hydrogen-bond acceptors (Lipinski definition) is 3. The third kappa shape index (κ3) is 4.35. The van der Waals surface area contributed by atoms with Crippen LogP contribution in [0.4, 0.5) is 0 Å². The molecule has 0 bridgehead atoms. The molecule has 0 saturated heterocycles. The highest BCUT2D eigenvalue weighted by Gasteiger charge is 1.96. The van der Waals surface area contributed by atoms with Gasteiger partial charge in [-0.1, -0.05) is 11.6 Å². The van der Waals surface area contributed by atoms with Gasteiger partial charge in [0.1, 0.15) is 0 Å². The third-order valence-corrected chi connectivity index (χ3v) is 0.976. The molecule has 0 unspecified atom stereocenters. The van der Waals surface area contributed by atoms with Crippen molar-refractivity contribution in [2.24, 2.45) is 0 Å². The fourth-order valence-electron chi connectivity index (χ4n) is 0.366. The first kappa shape index (κ1) is 9.46. The monoisotopic (exact) mass is 164 g/mol. The van der Waals surface area contributed by atoms with Crippen LogP contribution in [0, 0.1) is 0 Å². The van der Waals surface area contributed by atoms with Gasteiger partial charge in [0.25, 0.3) is 0 Å². The molecule has 0 aromatic heterocycles. The van der Waals surface area contributed by atoms with Crippen LogP contribution in [0.3, 0.4) is 0 Å². The Bertz CT molecular complexity index is 142. The molecule has 0 heterocycles. The maximum absolute atomic E-state index is 10.5. The lowest BCUT2D eigenvalue weighted by atomic mass is 10.5. The van der Waals surface area contributed by atoms with Gasteiger partial charge in [-0.25, -0.2) is 4.79 Å². The molecule has 58 valence electrons. The third-order valence-electron chi connectivity index (χ3n) is 0.758. The van der Waals surface area contributed by atoms with Crippen molar-refractivity contribution in [3.05, 3.63) is 11.1 Å². The highest BCUT2D eigenvalue weighted by Crippen LogP contribution is 2.00. The van der Waals surface area contributed by atoms with E-state index in [-0.39, 0.29) is 6.61 Å². The van der Waals surface area contributed by atoms with Crippen molar-refractivity contribution in [1.82, 2.24) is 0 Å². The van der Waals surface area contributed by atoms with Crippen molar-refractivity contribution in [1.29, 1.82) is 0 Å². The summed E-state index contributed by atoms with van der Waals surface area (Å²) in [6, 6.07) is 0. The highest BCUT2D eigenvalue weighted by atomic mass is 35.5. The van der Waals surface area contributed by atoms with Crippen LogP contribution in [0.25, 0.3) is 0 Å². The molecule has 0 aliphatic carbocycles. The van der Waals surface area contributed by atoms with E-state index in [2.05, 4.69) is 9.47 Å². The highest BCUT2D eigenvalue weighted by molar-refractivity contribution is 6.31. The standard InChI is InChI=1S/C6H9ClO3/c1-9-4-5(7)3-6(8)10-2/h3H,4H2,1-2H3/b5-3-. The van der Waals surface area contributed by atoms with Crippen molar-refractivity contribution < 1.29 is 14.3 Å². The van der Waals surface area contributed by atoms with Crippen LogP contribution in [0.1, 0.15) is 0 Å². The zero-order chi connectivity index (χ0) is 7.98. The molecule has 0 aromatic carbocycles. The Morgan fingerprint density at radius 1 is 1.60 bits per heavy atom. The maximum atomic E-state index is 10.5. The predicted molar refractivity (Wildman–Crippen MR) is 37.8 cm³/mol. The number of ether oxygens (including phenoxy) is 2. The Kier molecular flexibility index (Phi) is 4.98. The fourth-order valence-corrected chi connectivity index (χ4v) is 0.565. The molecule has 0 aliphatic rings. The van der Waals surface area contributed by atoms with Gasteiger partial charge in [-0.05, 0) is 0 Å². The van der Waals surface area contributed by atoms with Gasteiger partial charge in [-0.3, -0.25) is 0 Å². The van der Waals surface area contributed by atoms with E-state index in [1.165, 1.54) is 20.3 Å². The van der Waals surface area contributed by atoms with Gasteiger partial charge in [0.15, 0.2) is 0 Å². The minimum atomic E-state index is -0.470. The number of halogens is 1. The zero-order valence-corrected chi connectivity index (χ0v) is 6.64. The SMILES string of the molecule is COC/C(Cl)=C/C(=O)OC. The van der Waals surface area contributed by atoms with Gasteiger partial charge in [-0.2, -0.15) is 0 Å². The summed E-state index contributed by atoms with van der Waals surface area (Å²) in [5, 5.41) is 0.328. The van der Waals surface area contributed by atoms with Crippen molar-refractivity contribution in [2.75, 3.05) is 20.8 Å². The second kappa shape index (κ2) is 5.26. The quantitative estimate of drug-likeness (QED) is 0.460. The molecule has 0 aliphatic heterocycles. The minimum Gasteiger partial charge on any atom is -0.466 e. The Labute approximate surface area is 64.6 Å². The molecule has 3 nitrogen and oxygen atoms in total. The van der Waals surface area contributed by atoms with Crippen molar-refractivity contribution >= 4 is 17.6 Å². The number of esters is 1. The summed E-state index contributed by atoms with van der Waals surface area (Å²) in [5.74, 6) is -0.470. The average Bonchev–Trinajstić information content (AvgIpc) is 1.88. The summed E-state index contributed by atoms with van der Waals surface area (Å²) in [6.45, 7) is 0.233. The number of carbonyl (C=O) groups excluding carboxylic acids is 1. The molecular formula is C6H9ClO3. The summed E-state index contributed by atoms with van der Waals surface area (Å²) in [7, 11) is 2.78. The van der Waals surface area contributed by atoms with E-state index >= 15 is 0 Å². The van der Waals surface area contributed by atoms with E-state index in [9.17, 15) is 4.79 Å². The summed E-state index contributed by atoms with van der Waals surface area (Å²) in [4.78, 5) is 10.5. The molecule has 0 atom stereocenters. The molecule has 0 fully saturated rings. The van der Waals surface area contributed by atoms with E-state index < -0.39 is 5.97 Å². The molecular weight excluding hydrogens is 156 g/mol. The van der Waals surface area contributed by atoms with Gasteiger partial charge in [0.05, 0.1) is 18.7 Å². The molecule has 0 amide bonds. The zero-order valence-electron chi connectivity index (χ0n) is 5.89.